The van der Waals surface area contributed by atoms with E-state index in [9.17, 15) is 10.1 Å². The number of hydrogen-bond donors (Lipinski definition) is 2. The molecule has 3 saturated heterocycles. The zero-order valence-corrected chi connectivity index (χ0v) is 27.6. The molecule has 1 aliphatic carbocycles. The van der Waals surface area contributed by atoms with Gasteiger partial charge in [0.15, 0.2) is 5.01 Å². The van der Waals surface area contributed by atoms with Gasteiger partial charge in [0.1, 0.15) is 6.07 Å². The van der Waals surface area contributed by atoms with Gasteiger partial charge in [-0.05, 0) is 88.0 Å². The second kappa shape index (κ2) is 12.9. The molecule has 7 heterocycles. The van der Waals surface area contributed by atoms with Gasteiger partial charge in [-0.3, -0.25) is 4.98 Å². The Morgan fingerprint density at radius 1 is 1.11 bits per heavy atom. The molecule has 46 heavy (non-hydrogen) atoms. The van der Waals surface area contributed by atoms with Gasteiger partial charge in [0.2, 0.25) is 5.13 Å². The normalized spacial score (nSPS) is 21.8. The predicted octanol–water partition coefficient (Wildman–Crippen LogP) is 6.04. The number of nitriles is 1. The lowest BCUT2D eigenvalue weighted by atomic mass is 9.80. The number of amides is 2. The van der Waals surface area contributed by atoms with E-state index in [1.54, 1.807) is 17.5 Å². The van der Waals surface area contributed by atoms with Gasteiger partial charge in [-0.15, -0.1) is 10.2 Å². The summed E-state index contributed by atoms with van der Waals surface area (Å²) in [5.74, 6) is 1.68. The second-order valence-corrected chi connectivity index (χ2v) is 14.4. The van der Waals surface area contributed by atoms with E-state index < -0.39 is 0 Å². The summed E-state index contributed by atoms with van der Waals surface area (Å²) in [6.07, 6.45) is 10.2. The summed E-state index contributed by atoms with van der Waals surface area (Å²) in [5, 5.41) is 31.9. The van der Waals surface area contributed by atoms with Crippen molar-refractivity contribution in [1.29, 1.82) is 5.26 Å². The molecular formula is C34H42N10OS. The van der Waals surface area contributed by atoms with Crippen molar-refractivity contribution < 1.29 is 4.79 Å². The third-order valence-electron chi connectivity index (χ3n) is 9.98. The fourth-order valence-corrected chi connectivity index (χ4v) is 8.29. The quantitative estimate of drug-likeness (QED) is 0.251. The first-order valence-electron chi connectivity index (χ1n) is 16.7. The van der Waals surface area contributed by atoms with Crippen molar-refractivity contribution in [3.63, 3.8) is 0 Å². The smallest absolute Gasteiger partial charge is 0.317 e. The molecule has 2 amide bonds. The number of rotatable bonds is 7. The number of carbonyl (C=O) groups is 1. The maximum atomic E-state index is 13.2. The first kappa shape index (κ1) is 30.4. The number of piperidine rings is 1. The van der Waals surface area contributed by atoms with Crippen molar-refractivity contribution in [3.05, 3.63) is 42.2 Å². The minimum absolute atomic E-state index is 0.119. The number of nitrogens with zero attached hydrogens (tertiary/aromatic N) is 8. The standard InChI is InChI=1S/C34H42N10OS/c1-4-22-9-11-42(12-10-22)33(45)39-28-14-23-5-6-25(28)20-43(19-23)34-41-40-32(46-34)27-18-36-30(15-29(27)38-21(2)3)31-8-7-26-13-24(16-35)17-37-44(26)31/h7-8,13,15,17-18,21-23,25,28H,4-6,9-12,14,19-20H2,1-3H3,(H,36,38)(H,39,45)/t23-,25+,28-/m1/s1. The van der Waals surface area contributed by atoms with Crippen LogP contribution >= 0.6 is 11.3 Å². The van der Waals surface area contributed by atoms with Crippen LogP contribution in [0.15, 0.2) is 36.7 Å². The van der Waals surface area contributed by atoms with Gasteiger partial charge < -0.3 is 20.4 Å². The van der Waals surface area contributed by atoms with E-state index in [2.05, 4.69) is 57.7 Å². The highest BCUT2D eigenvalue weighted by Crippen LogP contribution is 2.40. The average molecular weight is 639 g/mol. The van der Waals surface area contributed by atoms with Gasteiger partial charge in [0.05, 0.1) is 34.2 Å². The fraction of sp³-hybridized carbons (Fsp3) is 0.529. The van der Waals surface area contributed by atoms with Crippen LogP contribution in [0.3, 0.4) is 0 Å². The van der Waals surface area contributed by atoms with Gasteiger partial charge in [0.25, 0.3) is 0 Å². The molecule has 0 aromatic carbocycles. The van der Waals surface area contributed by atoms with Gasteiger partial charge in [0, 0.05) is 50.1 Å². The maximum absolute atomic E-state index is 13.2. The molecule has 3 aliphatic heterocycles. The summed E-state index contributed by atoms with van der Waals surface area (Å²) in [5.41, 5.74) is 4.85. The van der Waals surface area contributed by atoms with Crippen molar-refractivity contribution >= 4 is 33.7 Å². The van der Waals surface area contributed by atoms with E-state index in [1.807, 2.05) is 39.9 Å². The Morgan fingerprint density at radius 3 is 2.74 bits per heavy atom. The van der Waals surface area contributed by atoms with Crippen LogP contribution in [0.2, 0.25) is 0 Å². The number of likely N-dealkylation sites (tertiary alicyclic amines) is 1. The van der Waals surface area contributed by atoms with Crippen LogP contribution in [-0.4, -0.2) is 74.0 Å². The predicted molar refractivity (Wildman–Crippen MR) is 181 cm³/mol. The molecule has 240 valence electrons. The third kappa shape index (κ3) is 6.12. The summed E-state index contributed by atoms with van der Waals surface area (Å²) in [4.78, 5) is 22.5. The molecular weight excluding hydrogens is 597 g/mol. The second-order valence-electron chi connectivity index (χ2n) is 13.5. The lowest BCUT2D eigenvalue weighted by Crippen LogP contribution is -2.51. The highest BCUT2D eigenvalue weighted by molar-refractivity contribution is 7.18. The van der Waals surface area contributed by atoms with Crippen LogP contribution in [0.1, 0.15) is 64.9 Å². The van der Waals surface area contributed by atoms with Crippen LogP contribution in [0.4, 0.5) is 15.6 Å². The number of urea groups is 1. The molecule has 0 unspecified atom stereocenters. The molecule has 4 aromatic rings. The Balaban J connectivity index is 1.09. The lowest BCUT2D eigenvalue weighted by Gasteiger charge is -2.36. The van der Waals surface area contributed by atoms with Crippen LogP contribution in [0, 0.1) is 29.1 Å². The molecule has 1 saturated carbocycles. The van der Waals surface area contributed by atoms with E-state index >= 15 is 0 Å². The molecule has 0 radical (unpaired) electrons. The van der Waals surface area contributed by atoms with Gasteiger partial charge in [-0.2, -0.15) is 10.4 Å². The zero-order valence-electron chi connectivity index (χ0n) is 26.8. The summed E-state index contributed by atoms with van der Waals surface area (Å²) in [6, 6.07) is 10.5. The lowest BCUT2D eigenvalue weighted by molar-refractivity contribution is 0.155. The highest BCUT2D eigenvalue weighted by Gasteiger charge is 2.39. The van der Waals surface area contributed by atoms with E-state index in [0.29, 0.717) is 17.4 Å². The number of nitrogens with one attached hydrogen (secondary N) is 2. The van der Waals surface area contributed by atoms with Crippen molar-refractivity contribution in [2.24, 2.45) is 17.8 Å². The van der Waals surface area contributed by atoms with Crippen LogP contribution < -0.4 is 15.5 Å². The van der Waals surface area contributed by atoms with E-state index in [1.165, 1.54) is 12.8 Å². The number of pyridine rings is 1. The van der Waals surface area contributed by atoms with Crippen LogP contribution in [-0.2, 0) is 0 Å². The molecule has 4 fully saturated rings. The number of fused-ring (bicyclic) bond motifs is 5. The van der Waals surface area contributed by atoms with Crippen molar-refractivity contribution in [2.45, 2.75) is 71.4 Å². The van der Waals surface area contributed by atoms with Crippen molar-refractivity contribution in [3.8, 4) is 28.0 Å². The molecule has 11 nitrogen and oxygen atoms in total. The Kier molecular flexibility index (Phi) is 8.51. The molecule has 4 aromatic heterocycles. The fourth-order valence-electron chi connectivity index (χ4n) is 7.40. The molecule has 4 aliphatic rings. The highest BCUT2D eigenvalue weighted by atomic mass is 32.1. The molecule has 8 rings (SSSR count). The number of anilines is 2. The van der Waals surface area contributed by atoms with Crippen molar-refractivity contribution in [1.82, 2.24) is 35.0 Å². The van der Waals surface area contributed by atoms with Gasteiger partial charge in [-0.25, -0.2) is 9.31 Å². The maximum Gasteiger partial charge on any atom is 0.317 e. The molecule has 2 bridgehead atoms. The summed E-state index contributed by atoms with van der Waals surface area (Å²) >= 11 is 1.60. The molecule has 12 heteroatoms. The number of hydrogen-bond acceptors (Lipinski definition) is 9. The first-order valence-corrected chi connectivity index (χ1v) is 17.5. The number of carbonyl (C=O) groups excluding carboxylic acids is 1. The zero-order chi connectivity index (χ0) is 31.8. The molecule has 0 spiro atoms. The van der Waals surface area contributed by atoms with E-state index in [4.69, 9.17) is 4.98 Å². The summed E-state index contributed by atoms with van der Waals surface area (Å²) in [6.45, 7) is 10.0. The number of aromatic nitrogens is 5. The summed E-state index contributed by atoms with van der Waals surface area (Å²) in [7, 11) is 0. The third-order valence-corrected chi connectivity index (χ3v) is 11.0. The minimum atomic E-state index is 0.119. The first-order chi connectivity index (χ1) is 22.4. The Hall–Kier alpha value is -4.24. The largest absolute Gasteiger partial charge is 0.382 e. The Morgan fingerprint density at radius 2 is 1.96 bits per heavy atom. The minimum Gasteiger partial charge on any atom is -0.382 e. The van der Waals surface area contributed by atoms with Crippen LogP contribution in [0.25, 0.3) is 27.5 Å². The molecule has 3 atom stereocenters. The van der Waals surface area contributed by atoms with Gasteiger partial charge >= 0.3 is 6.03 Å². The van der Waals surface area contributed by atoms with Gasteiger partial charge in [-0.1, -0.05) is 24.7 Å². The van der Waals surface area contributed by atoms with Crippen LogP contribution in [0.5, 0.6) is 0 Å². The van der Waals surface area contributed by atoms with E-state index in [0.717, 1.165) is 96.1 Å². The monoisotopic (exact) mass is 638 g/mol. The Labute approximate surface area is 274 Å². The SMILES string of the molecule is CCC1CCN(C(=O)N[C@@H]2C[C@H]3CC[C@H]2CN(c2nnc(-c4cnc(-c5ccc6cc(C#N)cnn56)cc4NC(C)C)s2)C3)CC1. The average Bonchev–Trinajstić information content (AvgIpc) is 3.63. The van der Waals surface area contributed by atoms with E-state index in [-0.39, 0.29) is 18.1 Å². The van der Waals surface area contributed by atoms with Crippen molar-refractivity contribution in [2.75, 3.05) is 36.4 Å². The molecule has 2 N–H and O–H groups in total. The summed E-state index contributed by atoms with van der Waals surface area (Å²) < 4.78 is 1.81. The topological polar surface area (TPSA) is 127 Å². The Bertz CT molecular complexity index is 1750.